The first-order valence-electron chi connectivity index (χ1n) is 8.13. The summed E-state index contributed by atoms with van der Waals surface area (Å²) in [5.74, 6) is 2.07. The maximum Gasteiger partial charge on any atom is 0.119 e. The standard InChI is InChI=1S/C18H22Cl2NO2/c19-15-3-6-17(18(20)13-15)14-1-4-16(5-2-14)23-12-9-21-7-10-22-11-8-21/h1-2,4-5,13,15H,3,6-12H2. The highest BCUT2D eigenvalue weighted by molar-refractivity contribution is 6.33. The van der Waals surface area contributed by atoms with Crippen LogP contribution >= 0.6 is 23.2 Å². The molecule has 1 aromatic carbocycles. The lowest BCUT2D eigenvalue weighted by atomic mass is 9.89. The Morgan fingerprint density at radius 1 is 1.17 bits per heavy atom. The summed E-state index contributed by atoms with van der Waals surface area (Å²) in [6, 6.07) is 8.17. The van der Waals surface area contributed by atoms with Crippen LogP contribution in [0.4, 0.5) is 0 Å². The zero-order valence-corrected chi connectivity index (χ0v) is 14.7. The lowest BCUT2D eigenvalue weighted by Gasteiger charge is -2.26. The number of hydrogen-bond acceptors (Lipinski definition) is 3. The number of hydrogen-bond donors (Lipinski definition) is 0. The Labute approximate surface area is 148 Å². The molecule has 1 heterocycles. The summed E-state index contributed by atoms with van der Waals surface area (Å²) < 4.78 is 11.2. The second-order valence-corrected chi connectivity index (χ2v) is 6.84. The van der Waals surface area contributed by atoms with Gasteiger partial charge in [-0.25, -0.2) is 0 Å². The highest BCUT2D eigenvalue weighted by Gasteiger charge is 2.22. The minimum atomic E-state index is 0.0500. The fourth-order valence-electron chi connectivity index (χ4n) is 2.90. The van der Waals surface area contributed by atoms with Crippen LogP contribution in [0.2, 0.25) is 0 Å². The summed E-state index contributed by atoms with van der Waals surface area (Å²) in [4.78, 5) is 2.36. The van der Waals surface area contributed by atoms with Gasteiger partial charge >= 0.3 is 0 Å². The third-order valence-corrected chi connectivity index (χ3v) is 4.97. The van der Waals surface area contributed by atoms with Crippen LogP contribution in [0, 0.1) is 5.92 Å². The summed E-state index contributed by atoms with van der Waals surface area (Å²) in [5, 5.41) is 0.825. The van der Waals surface area contributed by atoms with Crippen LogP contribution in [-0.4, -0.2) is 49.7 Å². The largest absolute Gasteiger partial charge is 0.492 e. The zero-order chi connectivity index (χ0) is 16.1. The van der Waals surface area contributed by atoms with Gasteiger partial charge < -0.3 is 9.47 Å². The van der Waals surface area contributed by atoms with Crippen LogP contribution in [-0.2, 0) is 4.74 Å². The second kappa shape index (κ2) is 8.39. The molecule has 0 saturated carbocycles. The van der Waals surface area contributed by atoms with Crippen molar-refractivity contribution in [2.24, 2.45) is 0 Å². The molecule has 1 aliphatic carbocycles. The highest BCUT2D eigenvalue weighted by atomic mass is 35.5. The number of ether oxygens (including phenoxy) is 2. The number of benzene rings is 1. The molecule has 1 radical (unpaired) electrons. The quantitative estimate of drug-likeness (QED) is 0.749. The summed E-state index contributed by atoms with van der Waals surface area (Å²) in [6.07, 6.45) is 3.78. The van der Waals surface area contributed by atoms with E-state index in [4.69, 9.17) is 32.7 Å². The molecular formula is C18H22Cl2NO2. The average Bonchev–Trinajstić information content (AvgIpc) is 2.57. The number of rotatable bonds is 5. The van der Waals surface area contributed by atoms with E-state index in [9.17, 15) is 0 Å². The minimum absolute atomic E-state index is 0.0500. The molecule has 1 fully saturated rings. The van der Waals surface area contributed by atoms with Crippen molar-refractivity contribution in [1.29, 1.82) is 0 Å². The molecule has 1 atom stereocenters. The summed E-state index contributed by atoms with van der Waals surface area (Å²) >= 11 is 12.4. The molecule has 1 aromatic rings. The molecule has 1 unspecified atom stereocenters. The number of nitrogens with zero attached hydrogens (tertiary/aromatic N) is 1. The van der Waals surface area contributed by atoms with Gasteiger partial charge in [-0.1, -0.05) is 29.8 Å². The van der Waals surface area contributed by atoms with E-state index in [2.05, 4.69) is 17.0 Å². The van der Waals surface area contributed by atoms with Gasteiger partial charge in [0.15, 0.2) is 0 Å². The predicted octanol–water partition coefficient (Wildman–Crippen LogP) is 3.84. The van der Waals surface area contributed by atoms with Gasteiger partial charge in [0.05, 0.1) is 18.6 Å². The molecule has 23 heavy (non-hydrogen) atoms. The molecule has 3 rings (SSSR count). The van der Waals surface area contributed by atoms with Crippen molar-refractivity contribution in [1.82, 2.24) is 4.90 Å². The van der Waals surface area contributed by atoms with Crippen molar-refractivity contribution in [3.05, 3.63) is 46.9 Å². The third kappa shape index (κ3) is 4.87. The van der Waals surface area contributed by atoms with E-state index in [-0.39, 0.29) is 5.38 Å². The Kier molecular flexibility index (Phi) is 6.23. The molecule has 5 heteroatoms. The van der Waals surface area contributed by atoms with Crippen molar-refractivity contribution in [2.75, 3.05) is 39.5 Å². The lowest BCUT2D eigenvalue weighted by molar-refractivity contribution is 0.0322. The van der Waals surface area contributed by atoms with E-state index >= 15 is 0 Å². The van der Waals surface area contributed by atoms with Gasteiger partial charge in [-0.3, -0.25) is 4.90 Å². The van der Waals surface area contributed by atoms with E-state index in [1.54, 1.807) is 0 Å². The molecule has 0 spiro atoms. The van der Waals surface area contributed by atoms with Gasteiger partial charge in [0.1, 0.15) is 12.4 Å². The number of allylic oxidation sites excluding steroid dienone is 2. The monoisotopic (exact) mass is 354 g/mol. The molecule has 2 aliphatic rings. The molecule has 0 amide bonds. The van der Waals surface area contributed by atoms with E-state index in [0.717, 1.165) is 62.0 Å². The van der Waals surface area contributed by atoms with E-state index in [0.29, 0.717) is 6.61 Å². The Hall–Kier alpha value is -0.740. The van der Waals surface area contributed by atoms with E-state index < -0.39 is 0 Å². The normalized spacial score (nSPS) is 23.6. The van der Waals surface area contributed by atoms with Gasteiger partial charge in [0, 0.05) is 30.6 Å². The van der Waals surface area contributed by atoms with Crippen LogP contribution in [0.3, 0.4) is 0 Å². The van der Waals surface area contributed by atoms with Gasteiger partial charge in [0.25, 0.3) is 0 Å². The lowest BCUT2D eigenvalue weighted by Crippen LogP contribution is -2.38. The van der Waals surface area contributed by atoms with Gasteiger partial charge in [0.2, 0.25) is 0 Å². The van der Waals surface area contributed by atoms with Crippen LogP contribution < -0.4 is 4.74 Å². The van der Waals surface area contributed by atoms with Crippen LogP contribution in [0.15, 0.2) is 35.4 Å². The molecule has 0 N–H and O–H groups in total. The summed E-state index contributed by atoms with van der Waals surface area (Å²) in [7, 11) is 0. The number of morpholine rings is 1. The minimum Gasteiger partial charge on any atom is -0.492 e. The number of alkyl halides is 1. The highest BCUT2D eigenvalue weighted by Crippen LogP contribution is 2.37. The van der Waals surface area contributed by atoms with Gasteiger partial charge in [-0.05, 0) is 30.5 Å². The van der Waals surface area contributed by atoms with Crippen LogP contribution in [0.1, 0.15) is 18.4 Å². The first kappa shape index (κ1) is 17.1. The molecule has 125 valence electrons. The van der Waals surface area contributed by atoms with E-state index in [1.165, 1.54) is 5.92 Å². The second-order valence-electron chi connectivity index (χ2n) is 5.87. The Morgan fingerprint density at radius 3 is 2.61 bits per heavy atom. The maximum atomic E-state index is 6.31. The fraction of sp³-hybridized carbons (Fsp3) is 0.500. The molecule has 3 nitrogen and oxygen atoms in total. The van der Waals surface area contributed by atoms with Crippen molar-refractivity contribution >= 4 is 23.2 Å². The topological polar surface area (TPSA) is 21.7 Å². The Balaban J connectivity index is 1.50. The first-order chi connectivity index (χ1) is 11.2. The van der Waals surface area contributed by atoms with Crippen molar-refractivity contribution in [3.63, 3.8) is 0 Å². The smallest absolute Gasteiger partial charge is 0.119 e. The molecule has 0 bridgehead atoms. The number of halogens is 2. The maximum absolute atomic E-state index is 6.31. The fourth-order valence-corrected chi connectivity index (χ4v) is 3.55. The van der Waals surface area contributed by atoms with Crippen molar-refractivity contribution in [2.45, 2.75) is 18.2 Å². The van der Waals surface area contributed by atoms with Crippen molar-refractivity contribution < 1.29 is 9.47 Å². The van der Waals surface area contributed by atoms with Gasteiger partial charge in [-0.2, -0.15) is 0 Å². The average molecular weight is 355 g/mol. The molecule has 1 aliphatic heterocycles. The van der Waals surface area contributed by atoms with Crippen LogP contribution in [0.5, 0.6) is 5.75 Å². The summed E-state index contributed by atoms with van der Waals surface area (Å²) in [5.41, 5.74) is 1.15. The molecule has 0 aromatic heterocycles. The van der Waals surface area contributed by atoms with Crippen molar-refractivity contribution in [3.8, 4) is 5.75 Å². The zero-order valence-electron chi connectivity index (χ0n) is 13.1. The Bertz CT molecular complexity index is 526. The molecular weight excluding hydrogens is 333 g/mol. The summed E-state index contributed by atoms with van der Waals surface area (Å²) in [6.45, 7) is 5.27. The van der Waals surface area contributed by atoms with E-state index in [1.807, 2.05) is 18.2 Å². The first-order valence-corrected chi connectivity index (χ1v) is 8.95. The Morgan fingerprint density at radius 2 is 1.91 bits per heavy atom. The van der Waals surface area contributed by atoms with Crippen LogP contribution in [0.25, 0.3) is 0 Å². The molecule has 1 saturated heterocycles. The SMILES string of the molecule is ClC1=CC(Cl)CC[C]1c1ccc(OCCN2CCOCC2)cc1. The third-order valence-electron chi connectivity index (χ3n) is 4.27. The van der Waals surface area contributed by atoms with Gasteiger partial charge in [-0.15, -0.1) is 11.6 Å². The predicted molar refractivity (Wildman–Crippen MR) is 94.4 cm³/mol.